The number of quaternary nitrogens is 1. The van der Waals surface area contributed by atoms with Gasteiger partial charge in [-0.25, -0.2) is 0 Å². The molecule has 2 aromatic carbocycles. The number of anilines is 1. The van der Waals surface area contributed by atoms with Crippen molar-refractivity contribution in [3.8, 4) is 5.75 Å². The van der Waals surface area contributed by atoms with Crippen LogP contribution in [0.4, 0.5) is 5.69 Å². The molecule has 0 aliphatic carbocycles. The number of ether oxygens (including phenoxy) is 1. The van der Waals surface area contributed by atoms with Crippen molar-refractivity contribution >= 4 is 11.6 Å². The van der Waals surface area contributed by atoms with Crippen LogP contribution in [-0.4, -0.2) is 20.1 Å². The fraction of sp³-hybridized carbons (Fsp3) is 0.190. The highest BCUT2D eigenvalue weighted by atomic mass is 16.5. The molecular formula is C21H23N2O3+. The molecule has 1 heterocycles. The molecule has 26 heavy (non-hydrogen) atoms. The van der Waals surface area contributed by atoms with Crippen LogP contribution in [0.1, 0.15) is 17.4 Å². The van der Waals surface area contributed by atoms with E-state index in [0.29, 0.717) is 18.0 Å². The van der Waals surface area contributed by atoms with Crippen LogP contribution in [0, 0.1) is 0 Å². The summed E-state index contributed by atoms with van der Waals surface area (Å²) in [4.78, 5) is 14.1. The fourth-order valence-electron chi connectivity index (χ4n) is 3.01. The van der Waals surface area contributed by atoms with Gasteiger partial charge < -0.3 is 19.4 Å². The van der Waals surface area contributed by atoms with Crippen LogP contribution >= 0.6 is 0 Å². The number of nitrogens with one attached hydrogen (secondary N) is 2. The first-order chi connectivity index (χ1) is 12.7. The number of carbonyl (C=O) groups is 1. The van der Waals surface area contributed by atoms with Crippen molar-refractivity contribution in [1.82, 2.24) is 0 Å². The zero-order valence-electron chi connectivity index (χ0n) is 14.9. The van der Waals surface area contributed by atoms with Gasteiger partial charge >= 0.3 is 0 Å². The van der Waals surface area contributed by atoms with Gasteiger partial charge in [-0.3, -0.25) is 4.79 Å². The van der Waals surface area contributed by atoms with Crippen LogP contribution < -0.4 is 15.0 Å². The first kappa shape index (κ1) is 17.8. The van der Waals surface area contributed by atoms with Gasteiger partial charge in [-0.05, 0) is 24.3 Å². The van der Waals surface area contributed by atoms with E-state index >= 15 is 0 Å². The molecule has 0 aliphatic heterocycles. The third-order valence-corrected chi connectivity index (χ3v) is 4.26. The lowest BCUT2D eigenvalue weighted by Crippen LogP contribution is -3.09. The Labute approximate surface area is 153 Å². The fourth-order valence-corrected chi connectivity index (χ4v) is 3.01. The van der Waals surface area contributed by atoms with Gasteiger partial charge in [0.2, 0.25) is 0 Å². The first-order valence-corrected chi connectivity index (χ1v) is 8.52. The van der Waals surface area contributed by atoms with Crippen LogP contribution in [-0.2, 0) is 11.3 Å². The Kier molecular flexibility index (Phi) is 5.71. The smallest absolute Gasteiger partial charge is 0.287 e. The molecule has 134 valence electrons. The lowest BCUT2D eigenvalue weighted by Gasteiger charge is -2.24. The van der Waals surface area contributed by atoms with Crippen LogP contribution in [0.5, 0.6) is 5.75 Å². The number of likely N-dealkylation sites (N-methyl/N-ethyl adjacent to an activating group) is 1. The van der Waals surface area contributed by atoms with E-state index in [2.05, 4.69) is 5.32 Å². The van der Waals surface area contributed by atoms with Crippen molar-refractivity contribution in [2.24, 2.45) is 0 Å². The predicted molar refractivity (Wildman–Crippen MR) is 100 cm³/mol. The maximum Gasteiger partial charge on any atom is 0.287 e. The molecule has 0 saturated carbocycles. The molecule has 0 fully saturated rings. The Morgan fingerprint density at radius 1 is 1.12 bits per heavy atom. The second-order valence-electron chi connectivity index (χ2n) is 6.17. The SMILES string of the molecule is COc1cccc(NC(=O)[C@H](c2ccccc2)[NH+](C)Cc2ccco2)c1. The summed E-state index contributed by atoms with van der Waals surface area (Å²) in [5.41, 5.74) is 1.66. The zero-order chi connectivity index (χ0) is 18.4. The van der Waals surface area contributed by atoms with E-state index in [0.717, 1.165) is 16.2 Å². The van der Waals surface area contributed by atoms with Crippen molar-refractivity contribution < 1.29 is 18.8 Å². The highest BCUT2D eigenvalue weighted by Crippen LogP contribution is 2.19. The van der Waals surface area contributed by atoms with Crippen LogP contribution in [0.2, 0.25) is 0 Å². The van der Waals surface area contributed by atoms with E-state index in [1.54, 1.807) is 13.4 Å². The summed E-state index contributed by atoms with van der Waals surface area (Å²) >= 11 is 0. The summed E-state index contributed by atoms with van der Waals surface area (Å²) < 4.78 is 10.7. The number of hydrogen-bond donors (Lipinski definition) is 2. The summed E-state index contributed by atoms with van der Waals surface area (Å²) in [7, 11) is 3.60. The third-order valence-electron chi connectivity index (χ3n) is 4.26. The van der Waals surface area contributed by atoms with E-state index in [-0.39, 0.29) is 11.9 Å². The summed E-state index contributed by atoms with van der Waals surface area (Å²) in [6, 6.07) is 20.6. The van der Waals surface area contributed by atoms with Gasteiger partial charge in [-0.15, -0.1) is 0 Å². The predicted octanol–water partition coefficient (Wildman–Crippen LogP) is 2.68. The molecule has 3 aromatic rings. The highest BCUT2D eigenvalue weighted by Gasteiger charge is 2.29. The first-order valence-electron chi connectivity index (χ1n) is 8.52. The second-order valence-corrected chi connectivity index (χ2v) is 6.17. The Hall–Kier alpha value is -3.05. The van der Waals surface area contributed by atoms with E-state index in [1.807, 2.05) is 73.8 Å². The molecule has 1 unspecified atom stereocenters. The number of benzene rings is 2. The minimum Gasteiger partial charge on any atom is -0.497 e. The quantitative estimate of drug-likeness (QED) is 0.688. The normalized spacial score (nSPS) is 13.0. The molecule has 2 atom stereocenters. The van der Waals surface area contributed by atoms with Gasteiger partial charge in [-0.2, -0.15) is 0 Å². The topological polar surface area (TPSA) is 55.9 Å². The highest BCUT2D eigenvalue weighted by molar-refractivity contribution is 5.94. The van der Waals surface area contributed by atoms with E-state index < -0.39 is 0 Å². The number of methoxy groups -OCH3 is 1. The maximum atomic E-state index is 13.1. The van der Waals surface area contributed by atoms with Gasteiger partial charge in [0.15, 0.2) is 11.8 Å². The van der Waals surface area contributed by atoms with Crippen molar-refractivity contribution in [2.75, 3.05) is 19.5 Å². The van der Waals surface area contributed by atoms with Gasteiger partial charge in [0, 0.05) is 17.3 Å². The Balaban J connectivity index is 1.83. The average Bonchev–Trinajstić information content (AvgIpc) is 3.16. The van der Waals surface area contributed by atoms with Gasteiger partial charge in [0.25, 0.3) is 5.91 Å². The van der Waals surface area contributed by atoms with Crippen LogP contribution in [0.3, 0.4) is 0 Å². The zero-order valence-corrected chi connectivity index (χ0v) is 14.9. The molecule has 0 saturated heterocycles. The minimum absolute atomic E-state index is 0.0755. The lowest BCUT2D eigenvalue weighted by atomic mass is 10.0. The molecule has 3 rings (SSSR count). The molecule has 0 radical (unpaired) electrons. The van der Waals surface area contributed by atoms with Crippen molar-refractivity contribution in [2.45, 2.75) is 12.6 Å². The summed E-state index contributed by atoms with van der Waals surface area (Å²) in [5.74, 6) is 1.47. The van der Waals surface area contributed by atoms with Crippen molar-refractivity contribution in [1.29, 1.82) is 0 Å². The summed E-state index contributed by atoms with van der Waals surface area (Å²) in [6.07, 6.45) is 1.65. The average molecular weight is 351 g/mol. The lowest BCUT2D eigenvalue weighted by molar-refractivity contribution is -0.916. The Morgan fingerprint density at radius 3 is 2.62 bits per heavy atom. The Bertz CT molecular complexity index is 831. The molecule has 0 spiro atoms. The number of carbonyl (C=O) groups excluding carboxylic acids is 1. The van der Waals surface area contributed by atoms with Gasteiger partial charge in [0.05, 0.1) is 20.4 Å². The summed E-state index contributed by atoms with van der Waals surface area (Å²) in [6.45, 7) is 0.609. The molecule has 1 amide bonds. The standard InChI is InChI=1S/C21H22N2O3/c1-23(15-19-12-7-13-26-19)20(16-8-4-3-5-9-16)21(24)22-17-10-6-11-18(14-17)25-2/h3-14,20H,15H2,1-2H3,(H,22,24)/p+1/t20-/m0/s1. The van der Waals surface area contributed by atoms with E-state index in [4.69, 9.17) is 9.15 Å². The van der Waals surface area contributed by atoms with Gasteiger partial charge in [0.1, 0.15) is 12.3 Å². The van der Waals surface area contributed by atoms with Crippen molar-refractivity contribution in [3.05, 3.63) is 84.3 Å². The number of hydrogen-bond acceptors (Lipinski definition) is 3. The molecule has 5 heteroatoms. The largest absolute Gasteiger partial charge is 0.497 e. The summed E-state index contributed by atoms with van der Waals surface area (Å²) in [5, 5.41) is 3.01. The molecule has 0 bridgehead atoms. The molecule has 1 aromatic heterocycles. The van der Waals surface area contributed by atoms with Crippen LogP contribution in [0.25, 0.3) is 0 Å². The van der Waals surface area contributed by atoms with Gasteiger partial charge in [-0.1, -0.05) is 36.4 Å². The minimum atomic E-state index is -0.368. The number of rotatable bonds is 7. The molecular weight excluding hydrogens is 328 g/mol. The molecule has 0 aliphatic rings. The second kappa shape index (κ2) is 8.36. The maximum absolute atomic E-state index is 13.1. The number of furan rings is 1. The molecule has 5 nitrogen and oxygen atoms in total. The van der Waals surface area contributed by atoms with E-state index in [1.165, 1.54) is 0 Å². The van der Waals surface area contributed by atoms with E-state index in [9.17, 15) is 4.79 Å². The monoisotopic (exact) mass is 351 g/mol. The Morgan fingerprint density at radius 2 is 1.92 bits per heavy atom. The van der Waals surface area contributed by atoms with Crippen LogP contribution in [0.15, 0.2) is 77.4 Å². The number of amides is 1. The molecule has 2 N–H and O–H groups in total. The third kappa shape index (κ3) is 4.32. The van der Waals surface area contributed by atoms with Crippen molar-refractivity contribution in [3.63, 3.8) is 0 Å².